The number of pyridine rings is 1. The minimum absolute atomic E-state index is 0.654. The molecule has 0 unspecified atom stereocenters. The maximum Gasteiger partial charge on any atom is 0.132 e. The molecule has 3 rings (SSSR count). The number of hydrogen-bond acceptors (Lipinski definition) is 1. The molecule has 0 saturated heterocycles. The molecule has 4 heteroatoms. The molecule has 1 aliphatic carbocycles. The molecule has 14 heavy (non-hydrogen) atoms. The molecule has 1 saturated carbocycles. The Balaban J connectivity index is 2.26. The second kappa shape index (κ2) is 2.97. The Morgan fingerprint density at radius 2 is 2.14 bits per heavy atom. The number of aromatic nitrogens is 2. The highest BCUT2D eigenvalue weighted by Gasteiger charge is 2.26. The normalized spacial score (nSPS) is 16.4. The van der Waals surface area contributed by atoms with E-state index in [0.29, 0.717) is 11.1 Å². The summed E-state index contributed by atoms with van der Waals surface area (Å²) in [5, 5.41) is 5.13. The van der Waals surface area contributed by atoms with Crippen LogP contribution in [-0.2, 0) is 0 Å². The Hall–Kier alpha value is -0.540. The molecule has 1 fully saturated rings. The van der Waals surface area contributed by atoms with Crippen LogP contribution in [0, 0.1) is 0 Å². The largest absolute Gasteiger partial charge is 0.222 e. The molecular formula is C10H8BrClN2. The summed E-state index contributed by atoms with van der Waals surface area (Å²) in [5.74, 6) is 0.671. The standard InChI is InChI=1S/C10H8BrClN2/c11-7-3-8-5-9(6-1-2-6)13-14(8)10(12)4-7/h3-6H,1-2H2. The van der Waals surface area contributed by atoms with Crippen LogP contribution in [0.3, 0.4) is 0 Å². The van der Waals surface area contributed by atoms with Crippen LogP contribution in [0.4, 0.5) is 0 Å². The summed E-state index contributed by atoms with van der Waals surface area (Å²) in [6, 6.07) is 6.01. The first kappa shape index (κ1) is 8.74. The van der Waals surface area contributed by atoms with Crippen LogP contribution in [0.15, 0.2) is 22.7 Å². The predicted molar refractivity (Wildman–Crippen MR) is 59.9 cm³/mol. The van der Waals surface area contributed by atoms with Crippen molar-refractivity contribution < 1.29 is 0 Å². The first-order valence-electron chi connectivity index (χ1n) is 4.59. The van der Waals surface area contributed by atoms with E-state index in [9.17, 15) is 0 Å². The van der Waals surface area contributed by atoms with Crippen LogP contribution >= 0.6 is 27.5 Å². The third kappa shape index (κ3) is 1.35. The smallest absolute Gasteiger partial charge is 0.132 e. The van der Waals surface area contributed by atoms with Gasteiger partial charge in [0.15, 0.2) is 0 Å². The molecule has 0 radical (unpaired) electrons. The molecule has 2 nitrogen and oxygen atoms in total. The summed E-state index contributed by atoms with van der Waals surface area (Å²) < 4.78 is 2.79. The van der Waals surface area contributed by atoms with E-state index in [1.165, 1.54) is 18.5 Å². The Labute approximate surface area is 95.0 Å². The van der Waals surface area contributed by atoms with Crippen LogP contribution < -0.4 is 0 Å². The number of nitrogens with zero attached hydrogens (tertiary/aromatic N) is 2. The molecule has 0 aliphatic heterocycles. The lowest BCUT2D eigenvalue weighted by Gasteiger charge is -1.96. The molecule has 72 valence electrons. The summed E-state index contributed by atoms with van der Waals surface area (Å²) in [4.78, 5) is 0. The molecule has 2 heterocycles. The van der Waals surface area contributed by atoms with E-state index in [2.05, 4.69) is 27.1 Å². The van der Waals surface area contributed by atoms with Crippen molar-refractivity contribution in [3.05, 3.63) is 33.5 Å². The predicted octanol–water partition coefficient (Wildman–Crippen LogP) is 3.63. The van der Waals surface area contributed by atoms with Crippen LogP contribution in [-0.4, -0.2) is 9.61 Å². The lowest BCUT2D eigenvalue weighted by atomic mass is 10.3. The Morgan fingerprint density at radius 1 is 1.36 bits per heavy atom. The third-order valence-corrected chi connectivity index (χ3v) is 3.22. The average molecular weight is 272 g/mol. The van der Waals surface area contributed by atoms with Gasteiger partial charge in [-0.2, -0.15) is 5.10 Å². The van der Waals surface area contributed by atoms with E-state index >= 15 is 0 Å². The molecule has 0 bridgehead atoms. The van der Waals surface area contributed by atoms with E-state index in [0.717, 1.165) is 9.99 Å². The SMILES string of the molecule is Clc1cc(Br)cc2cc(C3CC3)nn12. The topological polar surface area (TPSA) is 17.3 Å². The summed E-state index contributed by atoms with van der Waals surface area (Å²) in [6.07, 6.45) is 2.53. The van der Waals surface area contributed by atoms with Crippen molar-refractivity contribution in [3.63, 3.8) is 0 Å². The van der Waals surface area contributed by atoms with Gasteiger partial charge in [0.1, 0.15) is 5.15 Å². The number of hydrogen-bond donors (Lipinski definition) is 0. The van der Waals surface area contributed by atoms with Gasteiger partial charge in [0.2, 0.25) is 0 Å². The minimum atomic E-state index is 0.654. The molecular weight excluding hydrogens is 263 g/mol. The zero-order chi connectivity index (χ0) is 9.71. The number of halogens is 2. The Kier molecular flexibility index (Phi) is 1.86. The Bertz CT molecular complexity index is 502. The molecule has 0 amide bonds. The van der Waals surface area contributed by atoms with Gasteiger partial charge in [0, 0.05) is 10.4 Å². The van der Waals surface area contributed by atoms with E-state index < -0.39 is 0 Å². The maximum absolute atomic E-state index is 6.07. The third-order valence-electron chi connectivity index (χ3n) is 2.50. The van der Waals surface area contributed by atoms with Crippen molar-refractivity contribution in [2.24, 2.45) is 0 Å². The van der Waals surface area contributed by atoms with Gasteiger partial charge in [-0.05, 0) is 31.0 Å². The molecule has 0 atom stereocenters. The van der Waals surface area contributed by atoms with E-state index in [1.807, 2.05) is 12.1 Å². The van der Waals surface area contributed by atoms with Crippen molar-refractivity contribution in [1.29, 1.82) is 0 Å². The van der Waals surface area contributed by atoms with Gasteiger partial charge in [-0.15, -0.1) is 0 Å². The first-order chi connectivity index (χ1) is 6.74. The molecule has 1 aliphatic rings. The number of rotatable bonds is 1. The minimum Gasteiger partial charge on any atom is -0.222 e. The maximum atomic E-state index is 6.07. The van der Waals surface area contributed by atoms with Gasteiger partial charge in [-0.3, -0.25) is 0 Å². The van der Waals surface area contributed by atoms with Crippen LogP contribution in [0.2, 0.25) is 5.15 Å². The quantitative estimate of drug-likeness (QED) is 0.724. The highest BCUT2D eigenvalue weighted by molar-refractivity contribution is 9.10. The van der Waals surface area contributed by atoms with Crippen molar-refractivity contribution in [3.8, 4) is 0 Å². The number of fused-ring (bicyclic) bond motifs is 1. The van der Waals surface area contributed by atoms with Crippen molar-refractivity contribution in [2.75, 3.05) is 0 Å². The summed E-state index contributed by atoms with van der Waals surface area (Å²) >= 11 is 9.49. The lowest BCUT2D eigenvalue weighted by molar-refractivity contribution is 0.891. The fourth-order valence-electron chi connectivity index (χ4n) is 1.63. The highest BCUT2D eigenvalue weighted by atomic mass is 79.9. The van der Waals surface area contributed by atoms with Crippen LogP contribution in [0.25, 0.3) is 5.52 Å². The summed E-state index contributed by atoms with van der Waals surface area (Å²) in [5.41, 5.74) is 2.23. The van der Waals surface area contributed by atoms with Crippen LogP contribution in [0.1, 0.15) is 24.5 Å². The van der Waals surface area contributed by atoms with Crippen LogP contribution in [0.5, 0.6) is 0 Å². The molecule has 0 N–H and O–H groups in total. The fourth-order valence-corrected chi connectivity index (χ4v) is 2.46. The second-order valence-electron chi connectivity index (χ2n) is 3.68. The van der Waals surface area contributed by atoms with Crippen molar-refractivity contribution >= 4 is 33.0 Å². The van der Waals surface area contributed by atoms with E-state index in [1.54, 1.807) is 4.52 Å². The molecule has 2 aromatic rings. The second-order valence-corrected chi connectivity index (χ2v) is 4.98. The van der Waals surface area contributed by atoms with Gasteiger partial charge in [0.25, 0.3) is 0 Å². The zero-order valence-electron chi connectivity index (χ0n) is 7.37. The van der Waals surface area contributed by atoms with Gasteiger partial charge in [-0.25, -0.2) is 4.52 Å². The molecule has 0 spiro atoms. The highest BCUT2D eigenvalue weighted by Crippen LogP contribution is 2.40. The molecule has 2 aromatic heterocycles. The van der Waals surface area contributed by atoms with Gasteiger partial charge < -0.3 is 0 Å². The van der Waals surface area contributed by atoms with Gasteiger partial charge >= 0.3 is 0 Å². The van der Waals surface area contributed by atoms with Gasteiger partial charge in [-0.1, -0.05) is 27.5 Å². The average Bonchev–Trinajstić information content (AvgIpc) is 2.87. The molecule has 0 aromatic carbocycles. The summed E-state index contributed by atoms with van der Waals surface area (Å²) in [7, 11) is 0. The summed E-state index contributed by atoms with van der Waals surface area (Å²) in [6.45, 7) is 0. The van der Waals surface area contributed by atoms with Crippen molar-refractivity contribution in [2.45, 2.75) is 18.8 Å². The monoisotopic (exact) mass is 270 g/mol. The zero-order valence-corrected chi connectivity index (χ0v) is 9.72. The Morgan fingerprint density at radius 3 is 2.86 bits per heavy atom. The fraction of sp³-hybridized carbons (Fsp3) is 0.300. The van der Waals surface area contributed by atoms with E-state index in [4.69, 9.17) is 11.6 Å². The first-order valence-corrected chi connectivity index (χ1v) is 5.76. The van der Waals surface area contributed by atoms with E-state index in [-0.39, 0.29) is 0 Å². The van der Waals surface area contributed by atoms with Gasteiger partial charge in [0.05, 0.1) is 11.2 Å². The van der Waals surface area contributed by atoms with Crippen molar-refractivity contribution in [1.82, 2.24) is 9.61 Å². The lowest BCUT2D eigenvalue weighted by Crippen LogP contribution is -1.89.